The van der Waals surface area contributed by atoms with Gasteiger partial charge in [-0.25, -0.2) is 0 Å². The fraction of sp³-hybridized carbons (Fsp3) is 0.438. The molecular formula is C16H21BrN4OS2. The number of anilines is 2. The Balaban J connectivity index is 1.94. The monoisotopic (exact) mass is 428 g/mol. The molecule has 2 aromatic rings. The quantitative estimate of drug-likeness (QED) is 0.618. The molecule has 0 aliphatic rings. The second-order valence-electron chi connectivity index (χ2n) is 6.00. The van der Waals surface area contributed by atoms with Crippen molar-refractivity contribution >= 4 is 55.8 Å². The van der Waals surface area contributed by atoms with E-state index in [4.69, 9.17) is 0 Å². The molecule has 1 unspecified atom stereocenters. The Labute approximate surface area is 159 Å². The zero-order valence-electron chi connectivity index (χ0n) is 14.1. The summed E-state index contributed by atoms with van der Waals surface area (Å²) in [5.41, 5.74) is 0.744. The van der Waals surface area contributed by atoms with Crippen LogP contribution in [0, 0.1) is 0 Å². The molecule has 0 radical (unpaired) electrons. The van der Waals surface area contributed by atoms with Crippen molar-refractivity contribution in [2.24, 2.45) is 0 Å². The average molecular weight is 429 g/mol. The summed E-state index contributed by atoms with van der Waals surface area (Å²) in [6.07, 6.45) is 0.885. The fourth-order valence-corrected chi connectivity index (χ4v) is 4.04. The Morgan fingerprint density at radius 3 is 2.83 bits per heavy atom. The molecule has 0 aliphatic carbocycles. The zero-order valence-corrected chi connectivity index (χ0v) is 17.3. The minimum atomic E-state index is -0.220. The van der Waals surface area contributed by atoms with Gasteiger partial charge in [0.2, 0.25) is 11.0 Å². The maximum atomic E-state index is 12.3. The van der Waals surface area contributed by atoms with Gasteiger partial charge in [-0.05, 0) is 45.4 Å². The molecular weight excluding hydrogens is 408 g/mol. The Bertz CT molecular complexity index is 705. The van der Waals surface area contributed by atoms with E-state index in [2.05, 4.69) is 43.7 Å². The van der Waals surface area contributed by atoms with E-state index >= 15 is 0 Å². The maximum absolute atomic E-state index is 12.3. The molecule has 0 aliphatic heterocycles. The average Bonchev–Trinajstić information content (AvgIpc) is 2.94. The third-order valence-corrected chi connectivity index (χ3v) is 5.99. The fourth-order valence-electron chi connectivity index (χ4n) is 1.73. The van der Waals surface area contributed by atoms with E-state index in [0.717, 1.165) is 20.9 Å². The van der Waals surface area contributed by atoms with Crippen molar-refractivity contribution in [2.45, 2.75) is 49.2 Å². The lowest BCUT2D eigenvalue weighted by molar-refractivity contribution is -0.121. The van der Waals surface area contributed by atoms with Crippen LogP contribution in [0.2, 0.25) is 0 Å². The van der Waals surface area contributed by atoms with Gasteiger partial charge in [-0.2, -0.15) is 0 Å². The standard InChI is InChI=1S/C16H21BrN4OS2/c1-5-16(3,4)19-13(22)10(2)23-15-21-20-14(24-15)18-12-8-6-7-11(17)9-12/h6-10H,5H2,1-4H3,(H,18,20)(H,19,22). The van der Waals surface area contributed by atoms with Crippen LogP contribution in [-0.2, 0) is 4.79 Å². The van der Waals surface area contributed by atoms with Crippen molar-refractivity contribution in [3.8, 4) is 0 Å². The first-order valence-corrected chi connectivity index (χ1v) is 10.1. The van der Waals surface area contributed by atoms with E-state index in [1.54, 1.807) is 0 Å². The number of nitrogens with zero attached hydrogens (tertiary/aromatic N) is 2. The lowest BCUT2D eigenvalue weighted by Crippen LogP contribution is -2.46. The van der Waals surface area contributed by atoms with Gasteiger partial charge in [0.1, 0.15) is 0 Å². The third kappa shape index (κ3) is 5.75. The number of aromatic nitrogens is 2. The van der Waals surface area contributed by atoms with Crippen molar-refractivity contribution in [2.75, 3.05) is 5.32 Å². The number of hydrogen-bond donors (Lipinski definition) is 2. The first-order chi connectivity index (χ1) is 11.3. The maximum Gasteiger partial charge on any atom is 0.233 e. The lowest BCUT2D eigenvalue weighted by Gasteiger charge is -2.26. The molecule has 8 heteroatoms. The van der Waals surface area contributed by atoms with Crippen LogP contribution in [-0.4, -0.2) is 26.9 Å². The van der Waals surface area contributed by atoms with E-state index in [-0.39, 0.29) is 16.7 Å². The highest BCUT2D eigenvalue weighted by molar-refractivity contribution is 9.10. The van der Waals surface area contributed by atoms with Crippen molar-refractivity contribution < 1.29 is 4.79 Å². The summed E-state index contributed by atoms with van der Waals surface area (Å²) < 4.78 is 1.76. The SMILES string of the molecule is CCC(C)(C)NC(=O)C(C)Sc1nnc(Nc2cccc(Br)c2)s1. The molecule has 2 N–H and O–H groups in total. The Hall–Kier alpha value is -1.12. The van der Waals surface area contributed by atoms with Crippen LogP contribution in [0.5, 0.6) is 0 Å². The molecule has 0 saturated heterocycles. The molecule has 1 amide bonds. The second kappa shape index (κ2) is 8.31. The van der Waals surface area contributed by atoms with Gasteiger partial charge in [-0.15, -0.1) is 10.2 Å². The van der Waals surface area contributed by atoms with Crippen LogP contribution >= 0.6 is 39.0 Å². The highest BCUT2D eigenvalue weighted by Gasteiger charge is 2.23. The summed E-state index contributed by atoms with van der Waals surface area (Å²) in [6, 6.07) is 7.84. The number of carbonyl (C=O) groups is 1. The molecule has 1 heterocycles. The molecule has 2 rings (SSSR count). The van der Waals surface area contributed by atoms with Gasteiger partial charge in [0.15, 0.2) is 4.34 Å². The zero-order chi connectivity index (χ0) is 17.7. The number of halogens is 1. The molecule has 130 valence electrons. The number of amides is 1. The van der Waals surface area contributed by atoms with Gasteiger partial charge in [-0.1, -0.05) is 52.0 Å². The van der Waals surface area contributed by atoms with Gasteiger partial charge >= 0.3 is 0 Å². The van der Waals surface area contributed by atoms with Crippen molar-refractivity contribution in [1.82, 2.24) is 15.5 Å². The van der Waals surface area contributed by atoms with Gasteiger partial charge in [0.25, 0.3) is 0 Å². The third-order valence-electron chi connectivity index (χ3n) is 3.47. The van der Waals surface area contributed by atoms with E-state index in [0.29, 0.717) is 5.13 Å². The van der Waals surface area contributed by atoms with Crippen LogP contribution in [0.25, 0.3) is 0 Å². The predicted molar refractivity (Wildman–Crippen MR) is 105 cm³/mol. The second-order valence-corrected chi connectivity index (χ2v) is 9.48. The summed E-state index contributed by atoms with van der Waals surface area (Å²) in [4.78, 5) is 12.3. The number of hydrogen-bond acceptors (Lipinski definition) is 6. The first-order valence-electron chi connectivity index (χ1n) is 7.64. The normalized spacial score (nSPS) is 12.7. The molecule has 0 spiro atoms. The van der Waals surface area contributed by atoms with Gasteiger partial charge < -0.3 is 10.6 Å². The summed E-state index contributed by atoms with van der Waals surface area (Å²) in [5.74, 6) is 0.0172. The van der Waals surface area contributed by atoms with Crippen molar-refractivity contribution in [1.29, 1.82) is 0 Å². The Morgan fingerprint density at radius 1 is 1.42 bits per heavy atom. The lowest BCUT2D eigenvalue weighted by atomic mass is 10.0. The van der Waals surface area contributed by atoms with Crippen LogP contribution in [0.1, 0.15) is 34.1 Å². The Morgan fingerprint density at radius 2 is 2.17 bits per heavy atom. The van der Waals surface area contributed by atoms with Gasteiger partial charge in [0, 0.05) is 15.7 Å². The van der Waals surface area contributed by atoms with E-state index in [1.807, 2.05) is 45.0 Å². The molecule has 1 atom stereocenters. The number of rotatable bonds is 7. The molecule has 0 saturated carbocycles. The van der Waals surface area contributed by atoms with Crippen LogP contribution in [0.15, 0.2) is 33.1 Å². The molecule has 1 aromatic carbocycles. The minimum absolute atomic E-state index is 0.0172. The highest BCUT2D eigenvalue weighted by Crippen LogP contribution is 2.31. The summed E-state index contributed by atoms with van der Waals surface area (Å²) in [5, 5.41) is 15.0. The summed E-state index contributed by atoms with van der Waals surface area (Å²) in [7, 11) is 0. The largest absolute Gasteiger partial charge is 0.350 e. The van der Waals surface area contributed by atoms with E-state index in [1.165, 1.54) is 23.1 Å². The van der Waals surface area contributed by atoms with Crippen LogP contribution < -0.4 is 10.6 Å². The minimum Gasteiger partial charge on any atom is -0.350 e. The summed E-state index contributed by atoms with van der Waals surface area (Å²) in [6.45, 7) is 7.98. The van der Waals surface area contributed by atoms with Crippen molar-refractivity contribution in [3.05, 3.63) is 28.7 Å². The van der Waals surface area contributed by atoms with Crippen molar-refractivity contribution in [3.63, 3.8) is 0 Å². The van der Waals surface area contributed by atoms with E-state index in [9.17, 15) is 4.79 Å². The van der Waals surface area contributed by atoms with Gasteiger partial charge in [-0.3, -0.25) is 4.79 Å². The summed E-state index contributed by atoms with van der Waals surface area (Å²) >= 11 is 6.30. The molecule has 24 heavy (non-hydrogen) atoms. The van der Waals surface area contributed by atoms with Crippen LogP contribution in [0.4, 0.5) is 10.8 Å². The van der Waals surface area contributed by atoms with Gasteiger partial charge in [0.05, 0.1) is 5.25 Å². The molecule has 1 aromatic heterocycles. The first kappa shape index (κ1) is 19.2. The Kier molecular flexibility index (Phi) is 6.65. The predicted octanol–water partition coefficient (Wildman–Crippen LogP) is 4.83. The number of thioether (sulfide) groups is 1. The smallest absolute Gasteiger partial charge is 0.233 e. The van der Waals surface area contributed by atoms with E-state index < -0.39 is 0 Å². The number of nitrogens with one attached hydrogen (secondary N) is 2. The molecule has 0 bridgehead atoms. The molecule has 5 nitrogen and oxygen atoms in total. The molecule has 0 fully saturated rings. The number of carbonyl (C=O) groups excluding carboxylic acids is 1. The topological polar surface area (TPSA) is 66.9 Å². The van der Waals surface area contributed by atoms with Crippen LogP contribution in [0.3, 0.4) is 0 Å². The highest BCUT2D eigenvalue weighted by atomic mass is 79.9. The number of benzene rings is 1.